The quantitative estimate of drug-likeness (QED) is 0.747. The molecule has 2 aromatic rings. The highest BCUT2D eigenvalue weighted by Gasteiger charge is 2.16. The van der Waals surface area contributed by atoms with E-state index in [1.807, 2.05) is 6.07 Å². The molecule has 0 aliphatic rings. The fraction of sp³-hybridized carbons (Fsp3) is 0.111. The van der Waals surface area contributed by atoms with E-state index in [2.05, 4.69) is 9.97 Å². The Balaban J connectivity index is 2.62. The van der Waals surface area contributed by atoms with Gasteiger partial charge in [0.25, 0.3) is 0 Å². The van der Waals surface area contributed by atoms with Crippen LogP contribution in [0.25, 0.3) is 11.3 Å². The normalized spacial score (nSPS) is 10.4. The van der Waals surface area contributed by atoms with E-state index in [0.29, 0.717) is 5.69 Å². The number of rotatable bonds is 2. The maximum Gasteiger partial charge on any atom is 0.356 e. The molecule has 0 atom stereocenters. The lowest BCUT2D eigenvalue weighted by Crippen LogP contribution is -2.00. The smallest absolute Gasteiger partial charge is 0.356 e. The van der Waals surface area contributed by atoms with Crippen LogP contribution in [0.1, 0.15) is 10.5 Å². The third-order valence-corrected chi connectivity index (χ3v) is 2.01. The Labute approximate surface area is 80.0 Å². The molecule has 14 heavy (non-hydrogen) atoms. The minimum atomic E-state index is -1.01. The first-order chi connectivity index (χ1) is 6.70. The molecule has 2 rings (SSSR count). The summed E-state index contributed by atoms with van der Waals surface area (Å²) in [7, 11) is 1.77. The molecule has 2 heterocycles. The predicted octanol–water partition coefficient (Wildman–Crippen LogP) is 1.11. The second-order valence-electron chi connectivity index (χ2n) is 2.96. The van der Waals surface area contributed by atoms with Crippen LogP contribution in [0.4, 0.5) is 0 Å². The number of aromatic nitrogens is 3. The maximum absolute atomic E-state index is 10.8. The van der Waals surface area contributed by atoms with Crippen LogP contribution in [0.3, 0.4) is 0 Å². The predicted molar refractivity (Wildman–Crippen MR) is 50.0 cm³/mol. The summed E-state index contributed by atoms with van der Waals surface area (Å²) in [6.07, 6.45) is 4.98. The average Bonchev–Trinajstić information content (AvgIpc) is 2.71. The van der Waals surface area contributed by atoms with Gasteiger partial charge in [-0.3, -0.25) is 0 Å². The van der Waals surface area contributed by atoms with Crippen molar-refractivity contribution in [3.63, 3.8) is 0 Å². The van der Waals surface area contributed by atoms with Crippen LogP contribution in [0.5, 0.6) is 0 Å². The number of carboxylic acids is 1. The summed E-state index contributed by atoms with van der Waals surface area (Å²) in [5.41, 5.74) is 1.51. The zero-order chi connectivity index (χ0) is 10.1. The van der Waals surface area contributed by atoms with Gasteiger partial charge < -0.3 is 14.7 Å². The highest BCUT2D eigenvalue weighted by molar-refractivity contribution is 5.92. The summed E-state index contributed by atoms with van der Waals surface area (Å²) < 4.78 is 1.69. The van der Waals surface area contributed by atoms with Crippen LogP contribution < -0.4 is 0 Å². The summed E-state index contributed by atoms with van der Waals surface area (Å²) in [5.74, 6) is -1.01. The number of imidazole rings is 1. The van der Waals surface area contributed by atoms with Gasteiger partial charge in [0, 0.05) is 25.0 Å². The molecule has 0 spiro atoms. The summed E-state index contributed by atoms with van der Waals surface area (Å²) in [6, 6.07) is 1.81. The number of hydrogen-bond donors (Lipinski definition) is 2. The van der Waals surface area contributed by atoms with Crippen molar-refractivity contribution in [3.8, 4) is 11.3 Å². The standard InChI is InChI=1S/C9H9N3O2/c1-12-5-11-7(9(13)14)8(12)6-2-3-10-4-6/h2-5,10H,1H3,(H,13,14). The molecule has 5 heteroatoms. The fourth-order valence-corrected chi connectivity index (χ4v) is 1.40. The Bertz CT molecular complexity index is 456. The van der Waals surface area contributed by atoms with Gasteiger partial charge in [-0.05, 0) is 6.07 Å². The summed E-state index contributed by atoms with van der Waals surface area (Å²) in [6.45, 7) is 0. The molecule has 0 aliphatic heterocycles. The Hall–Kier alpha value is -2.04. The van der Waals surface area contributed by atoms with E-state index in [1.54, 1.807) is 24.0 Å². The van der Waals surface area contributed by atoms with Gasteiger partial charge in [0.2, 0.25) is 0 Å². The van der Waals surface area contributed by atoms with Gasteiger partial charge in [-0.1, -0.05) is 0 Å². The van der Waals surface area contributed by atoms with Crippen molar-refractivity contribution in [1.82, 2.24) is 14.5 Å². The Morgan fingerprint density at radius 3 is 3.00 bits per heavy atom. The first kappa shape index (κ1) is 8.55. The van der Waals surface area contributed by atoms with Crippen molar-refractivity contribution in [2.24, 2.45) is 7.05 Å². The van der Waals surface area contributed by atoms with E-state index in [-0.39, 0.29) is 5.69 Å². The molecular weight excluding hydrogens is 182 g/mol. The average molecular weight is 191 g/mol. The van der Waals surface area contributed by atoms with E-state index < -0.39 is 5.97 Å². The van der Waals surface area contributed by atoms with Crippen molar-refractivity contribution in [3.05, 3.63) is 30.5 Å². The molecule has 0 fully saturated rings. The van der Waals surface area contributed by atoms with Gasteiger partial charge in [0.05, 0.1) is 12.0 Å². The monoisotopic (exact) mass is 191 g/mol. The SMILES string of the molecule is Cn1cnc(C(=O)O)c1-c1cc[nH]c1. The Morgan fingerprint density at radius 2 is 2.43 bits per heavy atom. The Morgan fingerprint density at radius 1 is 1.64 bits per heavy atom. The zero-order valence-corrected chi connectivity index (χ0v) is 7.56. The molecule has 0 aromatic carbocycles. The summed E-state index contributed by atoms with van der Waals surface area (Å²) in [4.78, 5) is 17.5. The zero-order valence-electron chi connectivity index (χ0n) is 7.56. The van der Waals surface area contributed by atoms with Crippen LogP contribution in [-0.4, -0.2) is 25.6 Å². The number of aromatic carboxylic acids is 1. The topological polar surface area (TPSA) is 70.9 Å². The number of aryl methyl sites for hydroxylation is 1. The van der Waals surface area contributed by atoms with E-state index in [1.165, 1.54) is 6.33 Å². The summed E-state index contributed by atoms with van der Waals surface area (Å²) in [5, 5.41) is 8.89. The highest BCUT2D eigenvalue weighted by atomic mass is 16.4. The first-order valence-corrected chi connectivity index (χ1v) is 4.08. The van der Waals surface area contributed by atoms with Crippen molar-refractivity contribution >= 4 is 5.97 Å². The minimum absolute atomic E-state index is 0.0760. The number of H-pyrrole nitrogens is 1. The van der Waals surface area contributed by atoms with E-state index in [4.69, 9.17) is 5.11 Å². The van der Waals surface area contributed by atoms with Crippen molar-refractivity contribution in [1.29, 1.82) is 0 Å². The molecule has 0 aliphatic carbocycles. The van der Waals surface area contributed by atoms with Gasteiger partial charge in [0.15, 0.2) is 5.69 Å². The number of nitrogens with zero attached hydrogens (tertiary/aromatic N) is 2. The number of aromatic amines is 1. The minimum Gasteiger partial charge on any atom is -0.476 e. The van der Waals surface area contributed by atoms with Gasteiger partial charge in [-0.15, -0.1) is 0 Å². The second-order valence-corrected chi connectivity index (χ2v) is 2.96. The van der Waals surface area contributed by atoms with Gasteiger partial charge >= 0.3 is 5.97 Å². The molecule has 0 saturated heterocycles. The second kappa shape index (κ2) is 3.02. The molecule has 5 nitrogen and oxygen atoms in total. The van der Waals surface area contributed by atoms with Crippen molar-refractivity contribution in [2.75, 3.05) is 0 Å². The molecule has 0 amide bonds. The lowest BCUT2D eigenvalue weighted by molar-refractivity contribution is 0.0692. The lowest BCUT2D eigenvalue weighted by atomic mass is 10.2. The number of carboxylic acid groups (broad SMARTS) is 1. The highest BCUT2D eigenvalue weighted by Crippen LogP contribution is 2.21. The summed E-state index contributed by atoms with van der Waals surface area (Å²) >= 11 is 0. The van der Waals surface area contributed by atoms with Crippen molar-refractivity contribution < 1.29 is 9.90 Å². The van der Waals surface area contributed by atoms with Crippen LogP contribution >= 0.6 is 0 Å². The molecule has 0 saturated carbocycles. The molecule has 72 valence electrons. The van der Waals surface area contributed by atoms with Gasteiger partial charge in [0.1, 0.15) is 0 Å². The van der Waals surface area contributed by atoms with Crippen LogP contribution in [0, 0.1) is 0 Å². The third kappa shape index (κ3) is 1.19. The molecule has 2 aromatic heterocycles. The fourth-order valence-electron chi connectivity index (χ4n) is 1.40. The number of nitrogens with one attached hydrogen (secondary N) is 1. The number of carbonyl (C=O) groups is 1. The molecule has 2 N–H and O–H groups in total. The van der Waals surface area contributed by atoms with E-state index in [9.17, 15) is 4.79 Å². The third-order valence-electron chi connectivity index (χ3n) is 2.01. The maximum atomic E-state index is 10.8. The first-order valence-electron chi connectivity index (χ1n) is 4.08. The molecule has 0 unspecified atom stereocenters. The van der Waals surface area contributed by atoms with Crippen LogP contribution in [0.15, 0.2) is 24.8 Å². The van der Waals surface area contributed by atoms with Crippen LogP contribution in [-0.2, 0) is 7.05 Å². The van der Waals surface area contributed by atoms with Crippen LogP contribution in [0.2, 0.25) is 0 Å². The largest absolute Gasteiger partial charge is 0.476 e. The molecule has 0 bridgehead atoms. The lowest BCUT2D eigenvalue weighted by Gasteiger charge is -1.99. The van der Waals surface area contributed by atoms with Gasteiger partial charge in [-0.25, -0.2) is 9.78 Å². The number of hydrogen-bond acceptors (Lipinski definition) is 2. The molecular formula is C9H9N3O2. The molecule has 0 radical (unpaired) electrons. The van der Waals surface area contributed by atoms with E-state index in [0.717, 1.165) is 5.56 Å². The Kier molecular flexibility index (Phi) is 1.85. The van der Waals surface area contributed by atoms with Crippen molar-refractivity contribution in [2.45, 2.75) is 0 Å². The van der Waals surface area contributed by atoms with E-state index >= 15 is 0 Å². The van der Waals surface area contributed by atoms with Gasteiger partial charge in [-0.2, -0.15) is 0 Å².